The van der Waals surface area contributed by atoms with Gasteiger partial charge in [0.05, 0.1) is 24.7 Å². The van der Waals surface area contributed by atoms with E-state index in [0.29, 0.717) is 29.7 Å². The third kappa shape index (κ3) is 4.68. The van der Waals surface area contributed by atoms with E-state index >= 15 is 0 Å². The number of rotatable bonds is 6. The van der Waals surface area contributed by atoms with Gasteiger partial charge in [0.1, 0.15) is 11.4 Å². The Morgan fingerprint density at radius 2 is 2.21 bits per heavy atom. The van der Waals surface area contributed by atoms with E-state index in [1.807, 2.05) is 0 Å². The molecule has 0 aliphatic rings. The van der Waals surface area contributed by atoms with Crippen LogP contribution in [0.4, 0.5) is 11.4 Å². The molecule has 2 N–H and O–H groups in total. The fraction of sp³-hybridized carbons (Fsp3) is 0.364. The van der Waals surface area contributed by atoms with Crippen LogP contribution in [-0.2, 0) is 4.74 Å². The number of nitrogens with one attached hydrogen (secondary N) is 2. The second kappa shape index (κ2) is 7.49. The second-order valence-electron chi connectivity index (χ2n) is 3.51. The van der Waals surface area contributed by atoms with Crippen LogP contribution in [0.3, 0.4) is 0 Å². The first-order chi connectivity index (χ1) is 9.08. The largest absolute Gasteiger partial charge is 0.496 e. The fourth-order valence-electron chi connectivity index (χ4n) is 1.33. The summed E-state index contributed by atoms with van der Waals surface area (Å²) in [6, 6.07) is 4.49. The van der Waals surface area contributed by atoms with Crippen molar-refractivity contribution in [1.82, 2.24) is 5.32 Å². The highest BCUT2D eigenvalue weighted by atomic mass is 32.1. The molecule has 0 amide bonds. The predicted octanol–water partition coefficient (Wildman–Crippen LogP) is 1.54. The van der Waals surface area contributed by atoms with E-state index in [1.54, 1.807) is 19.2 Å². The molecule has 0 fully saturated rings. The number of nitrogens with zero attached hydrogens (tertiary/aromatic N) is 1. The van der Waals surface area contributed by atoms with Gasteiger partial charge in [0.25, 0.3) is 5.69 Å². The lowest BCUT2D eigenvalue weighted by atomic mass is 10.2. The first-order valence-electron chi connectivity index (χ1n) is 5.44. The zero-order chi connectivity index (χ0) is 14.3. The zero-order valence-corrected chi connectivity index (χ0v) is 11.5. The van der Waals surface area contributed by atoms with Gasteiger partial charge in [0, 0.05) is 13.7 Å². The predicted molar refractivity (Wildman–Crippen MR) is 75.7 cm³/mol. The molecule has 0 aliphatic heterocycles. The summed E-state index contributed by atoms with van der Waals surface area (Å²) in [6.07, 6.45) is 0. The van der Waals surface area contributed by atoms with Crippen LogP contribution in [0.15, 0.2) is 18.2 Å². The van der Waals surface area contributed by atoms with Crippen LogP contribution in [0, 0.1) is 10.1 Å². The van der Waals surface area contributed by atoms with Crippen molar-refractivity contribution < 1.29 is 14.4 Å². The molecule has 1 aromatic carbocycles. The molecule has 0 unspecified atom stereocenters. The van der Waals surface area contributed by atoms with Crippen molar-refractivity contribution in [2.75, 3.05) is 32.7 Å². The Bertz CT molecular complexity index is 467. The monoisotopic (exact) mass is 285 g/mol. The van der Waals surface area contributed by atoms with Gasteiger partial charge in [0.2, 0.25) is 0 Å². The number of hydrogen-bond donors (Lipinski definition) is 2. The minimum Gasteiger partial charge on any atom is -0.496 e. The van der Waals surface area contributed by atoms with Gasteiger partial charge >= 0.3 is 0 Å². The Morgan fingerprint density at radius 3 is 2.79 bits per heavy atom. The Kier molecular flexibility index (Phi) is 5.97. The molecule has 1 aromatic rings. The topological polar surface area (TPSA) is 85.7 Å². The SMILES string of the molecule is COCCNC(=S)Nc1ccc(OC)cc1[N+](=O)[O-]. The first kappa shape index (κ1) is 15.1. The van der Waals surface area contributed by atoms with Gasteiger partial charge < -0.3 is 20.1 Å². The van der Waals surface area contributed by atoms with Crippen molar-refractivity contribution in [3.63, 3.8) is 0 Å². The molecule has 0 saturated carbocycles. The Balaban J connectivity index is 2.77. The maximum absolute atomic E-state index is 11.0. The summed E-state index contributed by atoms with van der Waals surface area (Å²) in [5, 5.41) is 16.9. The zero-order valence-electron chi connectivity index (χ0n) is 10.6. The molecule has 7 nitrogen and oxygen atoms in total. The lowest BCUT2D eigenvalue weighted by molar-refractivity contribution is -0.384. The van der Waals surface area contributed by atoms with Gasteiger partial charge in [-0.15, -0.1) is 0 Å². The molecule has 1 rings (SSSR count). The summed E-state index contributed by atoms with van der Waals surface area (Å²) >= 11 is 5.03. The summed E-state index contributed by atoms with van der Waals surface area (Å²) in [5.74, 6) is 0.413. The molecule has 0 atom stereocenters. The van der Waals surface area contributed by atoms with E-state index in [9.17, 15) is 10.1 Å². The van der Waals surface area contributed by atoms with Crippen LogP contribution < -0.4 is 15.4 Å². The standard InChI is InChI=1S/C11H15N3O4S/c1-17-6-5-12-11(19)13-9-4-3-8(18-2)7-10(9)14(15)16/h3-4,7H,5-6H2,1-2H3,(H2,12,13,19). The molecule has 8 heteroatoms. The number of thiocarbonyl (C=S) groups is 1. The van der Waals surface area contributed by atoms with E-state index in [-0.39, 0.29) is 5.69 Å². The Morgan fingerprint density at radius 1 is 1.47 bits per heavy atom. The summed E-state index contributed by atoms with van der Waals surface area (Å²) in [4.78, 5) is 10.5. The molecule has 104 valence electrons. The van der Waals surface area contributed by atoms with Gasteiger partial charge in [0.15, 0.2) is 5.11 Å². The molecule has 0 aromatic heterocycles. The smallest absolute Gasteiger partial charge is 0.296 e. The maximum Gasteiger partial charge on any atom is 0.296 e. The lowest BCUT2D eigenvalue weighted by Crippen LogP contribution is -2.31. The van der Waals surface area contributed by atoms with Crippen molar-refractivity contribution in [2.45, 2.75) is 0 Å². The second-order valence-corrected chi connectivity index (χ2v) is 3.92. The number of ether oxygens (including phenoxy) is 2. The summed E-state index contributed by atoms with van der Waals surface area (Å²) in [7, 11) is 3.02. The number of nitro benzene ring substituents is 1. The van der Waals surface area contributed by atoms with Crippen LogP contribution in [0.25, 0.3) is 0 Å². The molecular formula is C11H15N3O4S. The summed E-state index contributed by atoms with van der Waals surface area (Å²) < 4.78 is 9.81. The van der Waals surface area contributed by atoms with Crippen LogP contribution in [-0.4, -0.2) is 37.4 Å². The Labute approximate surface area is 116 Å². The number of benzene rings is 1. The van der Waals surface area contributed by atoms with Crippen LogP contribution in [0.5, 0.6) is 5.75 Å². The average molecular weight is 285 g/mol. The van der Waals surface area contributed by atoms with Crippen molar-refractivity contribution in [3.05, 3.63) is 28.3 Å². The highest BCUT2D eigenvalue weighted by molar-refractivity contribution is 7.80. The minimum absolute atomic E-state index is 0.102. The first-order valence-corrected chi connectivity index (χ1v) is 5.85. The van der Waals surface area contributed by atoms with Gasteiger partial charge in [-0.3, -0.25) is 10.1 Å². The summed E-state index contributed by atoms with van der Waals surface area (Å²) in [5.41, 5.74) is 0.205. The molecular weight excluding hydrogens is 270 g/mol. The number of hydrogen-bond acceptors (Lipinski definition) is 5. The van der Waals surface area contributed by atoms with Gasteiger partial charge in [-0.1, -0.05) is 0 Å². The van der Waals surface area contributed by atoms with Crippen molar-refractivity contribution in [2.24, 2.45) is 0 Å². The van der Waals surface area contributed by atoms with E-state index in [2.05, 4.69) is 10.6 Å². The Hall–Kier alpha value is -1.93. The minimum atomic E-state index is -0.497. The number of methoxy groups -OCH3 is 2. The van der Waals surface area contributed by atoms with E-state index in [1.165, 1.54) is 13.2 Å². The molecule has 0 saturated heterocycles. The third-order valence-corrected chi connectivity index (χ3v) is 2.49. The van der Waals surface area contributed by atoms with Crippen LogP contribution in [0.1, 0.15) is 0 Å². The van der Waals surface area contributed by atoms with E-state index < -0.39 is 4.92 Å². The van der Waals surface area contributed by atoms with Crippen LogP contribution in [0.2, 0.25) is 0 Å². The third-order valence-electron chi connectivity index (χ3n) is 2.24. The molecule has 19 heavy (non-hydrogen) atoms. The van der Waals surface area contributed by atoms with Gasteiger partial charge in [-0.2, -0.15) is 0 Å². The number of nitro groups is 1. The normalized spacial score (nSPS) is 9.79. The number of anilines is 1. The van der Waals surface area contributed by atoms with Crippen LogP contribution >= 0.6 is 12.2 Å². The molecule has 0 aliphatic carbocycles. The average Bonchev–Trinajstić information content (AvgIpc) is 2.39. The van der Waals surface area contributed by atoms with E-state index in [4.69, 9.17) is 21.7 Å². The maximum atomic E-state index is 11.0. The highest BCUT2D eigenvalue weighted by Crippen LogP contribution is 2.28. The van der Waals surface area contributed by atoms with Crippen molar-refractivity contribution in [1.29, 1.82) is 0 Å². The van der Waals surface area contributed by atoms with Gasteiger partial charge in [-0.05, 0) is 24.4 Å². The summed E-state index contributed by atoms with van der Waals surface area (Å²) in [6.45, 7) is 1.01. The lowest BCUT2D eigenvalue weighted by Gasteiger charge is -2.11. The quantitative estimate of drug-likeness (QED) is 0.355. The molecule has 0 heterocycles. The van der Waals surface area contributed by atoms with Gasteiger partial charge in [-0.25, -0.2) is 0 Å². The van der Waals surface area contributed by atoms with Crippen molar-refractivity contribution >= 4 is 28.7 Å². The highest BCUT2D eigenvalue weighted by Gasteiger charge is 2.15. The molecule has 0 radical (unpaired) electrons. The van der Waals surface area contributed by atoms with E-state index in [0.717, 1.165) is 0 Å². The molecule has 0 spiro atoms. The fourth-order valence-corrected chi connectivity index (χ4v) is 1.54. The van der Waals surface area contributed by atoms with Crippen molar-refractivity contribution in [3.8, 4) is 5.75 Å². The molecule has 0 bridgehead atoms.